The Labute approximate surface area is 119 Å². The molecule has 1 N–H and O–H groups in total. The summed E-state index contributed by atoms with van der Waals surface area (Å²) in [7, 11) is 0. The number of amides is 1. The smallest absolute Gasteiger partial charge is 0.263 e. The Morgan fingerprint density at radius 1 is 1.42 bits per heavy atom. The first-order valence-electron chi connectivity index (χ1n) is 5.85. The number of hydrogen-bond donors (Lipinski definition) is 1. The lowest BCUT2D eigenvalue weighted by molar-refractivity contribution is 0.0922. The van der Waals surface area contributed by atoms with Gasteiger partial charge in [-0.2, -0.15) is 0 Å². The maximum Gasteiger partial charge on any atom is 0.263 e. The molecule has 2 aromatic rings. The van der Waals surface area contributed by atoms with Gasteiger partial charge in [0.2, 0.25) is 0 Å². The van der Waals surface area contributed by atoms with Crippen LogP contribution in [0.15, 0.2) is 23.0 Å². The molecule has 19 heavy (non-hydrogen) atoms. The van der Waals surface area contributed by atoms with E-state index in [0.29, 0.717) is 11.3 Å². The molecule has 2 aromatic heterocycles. The molecular formula is C13H14N2O2S2. The van der Waals surface area contributed by atoms with Gasteiger partial charge in [0.1, 0.15) is 4.88 Å². The molecule has 0 spiro atoms. The SMILES string of the molecule is Cc1ncsc1C(=O)N[C@@H](C)CC(=O)c1cccs1. The molecule has 0 saturated carbocycles. The van der Waals surface area contributed by atoms with E-state index in [9.17, 15) is 9.59 Å². The van der Waals surface area contributed by atoms with E-state index >= 15 is 0 Å². The van der Waals surface area contributed by atoms with Crippen molar-refractivity contribution in [2.24, 2.45) is 0 Å². The fourth-order valence-electron chi connectivity index (χ4n) is 1.68. The summed E-state index contributed by atoms with van der Waals surface area (Å²) in [5, 5.41) is 4.70. The molecule has 6 heteroatoms. The Hall–Kier alpha value is -1.53. The number of carbonyl (C=O) groups excluding carboxylic acids is 2. The summed E-state index contributed by atoms with van der Waals surface area (Å²) in [6.07, 6.45) is 0.310. The number of nitrogens with one attached hydrogen (secondary N) is 1. The molecule has 0 saturated heterocycles. The van der Waals surface area contributed by atoms with E-state index in [-0.39, 0.29) is 17.7 Å². The standard InChI is InChI=1S/C13H14N2O2S2/c1-8(6-10(16)11-4-3-5-18-11)15-13(17)12-9(2)14-7-19-12/h3-5,7-8H,6H2,1-2H3,(H,15,17)/t8-/m0/s1. The van der Waals surface area contributed by atoms with Crippen LogP contribution in [0.3, 0.4) is 0 Å². The van der Waals surface area contributed by atoms with Crippen LogP contribution in [0.5, 0.6) is 0 Å². The Morgan fingerprint density at radius 2 is 2.21 bits per heavy atom. The van der Waals surface area contributed by atoms with Crippen LogP contribution < -0.4 is 5.32 Å². The van der Waals surface area contributed by atoms with Gasteiger partial charge in [-0.05, 0) is 25.3 Å². The van der Waals surface area contributed by atoms with E-state index in [2.05, 4.69) is 10.3 Å². The van der Waals surface area contributed by atoms with Crippen LogP contribution in [-0.4, -0.2) is 22.7 Å². The Kier molecular flexibility index (Phi) is 4.44. The highest BCUT2D eigenvalue weighted by molar-refractivity contribution is 7.12. The van der Waals surface area contributed by atoms with Gasteiger partial charge in [0.15, 0.2) is 5.78 Å². The first-order chi connectivity index (χ1) is 9.08. The summed E-state index contributed by atoms with van der Waals surface area (Å²) in [4.78, 5) is 29.2. The molecule has 0 aliphatic carbocycles. The number of aryl methyl sites for hydroxylation is 1. The van der Waals surface area contributed by atoms with E-state index in [4.69, 9.17) is 0 Å². The van der Waals surface area contributed by atoms with Gasteiger partial charge < -0.3 is 5.32 Å². The molecule has 2 rings (SSSR count). The second-order valence-corrected chi connectivity index (χ2v) is 6.05. The molecule has 0 bridgehead atoms. The van der Waals surface area contributed by atoms with Crippen molar-refractivity contribution in [3.8, 4) is 0 Å². The third kappa shape index (κ3) is 3.48. The fraction of sp³-hybridized carbons (Fsp3) is 0.308. The van der Waals surface area contributed by atoms with Crippen molar-refractivity contribution >= 4 is 34.4 Å². The number of ketones is 1. The largest absolute Gasteiger partial charge is 0.348 e. The molecule has 100 valence electrons. The summed E-state index contributed by atoms with van der Waals surface area (Å²) < 4.78 is 0. The molecule has 0 radical (unpaired) electrons. The van der Waals surface area contributed by atoms with Gasteiger partial charge >= 0.3 is 0 Å². The lowest BCUT2D eigenvalue weighted by atomic mass is 10.1. The van der Waals surface area contributed by atoms with Crippen LogP contribution >= 0.6 is 22.7 Å². The predicted molar refractivity (Wildman–Crippen MR) is 77.0 cm³/mol. The summed E-state index contributed by atoms with van der Waals surface area (Å²) >= 11 is 2.73. The van der Waals surface area contributed by atoms with Crippen LogP contribution in [-0.2, 0) is 0 Å². The average molecular weight is 294 g/mol. The molecule has 0 aliphatic rings. The number of carbonyl (C=O) groups is 2. The first-order valence-corrected chi connectivity index (χ1v) is 7.61. The molecule has 0 aliphatic heterocycles. The van der Waals surface area contributed by atoms with Crippen molar-refractivity contribution in [3.05, 3.63) is 38.5 Å². The molecule has 0 aromatic carbocycles. The van der Waals surface area contributed by atoms with Gasteiger partial charge in [-0.15, -0.1) is 22.7 Å². The van der Waals surface area contributed by atoms with Crippen molar-refractivity contribution in [1.82, 2.24) is 10.3 Å². The van der Waals surface area contributed by atoms with Gasteiger partial charge in [-0.1, -0.05) is 6.07 Å². The second-order valence-electron chi connectivity index (χ2n) is 4.25. The van der Waals surface area contributed by atoms with Crippen molar-refractivity contribution < 1.29 is 9.59 Å². The monoisotopic (exact) mass is 294 g/mol. The average Bonchev–Trinajstić information content (AvgIpc) is 2.98. The van der Waals surface area contributed by atoms with Crippen molar-refractivity contribution in [1.29, 1.82) is 0 Å². The number of hydrogen-bond acceptors (Lipinski definition) is 5. The van der Waals surface area contributed by atoms with Crippen LogP contribution in [0.1, 0.15) is 38.4 Å². The minimum atomic E-state index is -0.191. The summed E-state index contributed by atoms with van der Waals surface area (Å²) in [6, 6.07) is 3.46. The molecule has 1 atom stereocenters. The van der Waals surface area contributed by atoms with Crippen molar-refractivity contribution in [2.75, 3.05) is 0 Å². The zero-order valence-corrected chi connectivity index (χ0v) is 12.3. The number of thiazole rings is 1. The zero-order chi connectivity index (χ0) is 13.8. The molecule has 4 nitrogen and oxygen atoms in total. The highest BCUT2D eigenvalue weighted by Crippen LogP contribution is 2.14. The van der Waals surface area contributed by atoms with Crippen LogP contribution in [0.25, 0.3) is 0 Å². The second kappa shape index (κ2) is 6.08. The van der Waals surface area contributed by atoms with Gasteiger partial charge in [0.05, 0.1) is 16.1 Å². The Balaban J connectivity index is 1.91. The molecule has 1 amide bonds. The van der Waals surface area contributed by atoms with Crippen molar-refractivity contribution in [2.45, 2.75) is 26.3 Å². The highest BCUT2D eigenvalue weighted by Gasteiger charge is 2.17. The maximum atomic E-state index is 12.0. The van der Waals surface area contributed by atoms with E-state index in [1.807, 2.05) is 18.4 Å². The van der Waals surface area contributed by atoms with Crippen LogP contribution in [0.2, 0.25) is 0 Å². The minimum Gasteiger partial charge on any atom is -0.348 e. The lowest BCUT2D eigenvalue weighted by Gasteiger charge is -2.12. The van der Waals surface area contributed by atoms with Gasteiger partial charge in [-0.3, -0.25) is 9.59 Å². The predicted octanol–water partition coefficient (Wildman–Crippen LogP) is 2.90. The molecular weight excluding hydrogens is 280 g/mol. The van der Waals surface area contributed by atoms with Crippen LogP contribution in [0.4, 0.5) is 0 Å². The summed E-state index contributed by atoms with van der Waals surface area (Å²) in [6.45, 7) is 3.63. The quantitative estimate of drug-likeness (QED) is 0.863. The lowest BCUT2D eigenvalue weighted by Crippen LogP contribution is -2.34. The first kappa shape index (κ1) is 13.9. The Morgan fingerprint density at radius 3 is 2.79 bits per heavy atom. The maximum absolute atomic E-state index is 12.0. The Bertz CT molecular complexity index is 575. The molecule has 0 unspecified atom stereocenters. The number of aromatic nitrogens is 1. The van der Waals surface area contributed by atoms with E-state index in [1.165, 1.54) is 22.7 Å². The van der Waals surface area contributed by atoms with Gasteiger partial charge in [-0.25, -0.2) is 4.98 Å². The van der Waals surface area contributed by atoms with E-state index < -0.39 is 0 Å². The third-order valence-electron chi connectivity index (χ3n) is 2.62. The van der Waals surface area contributed by atoms with Crippen molar-refractivity contribution in [3.63, 3.8) is 0 Å². The number of nitrogens with zero attached hydrogens (tertiary/aromatic N) is 1. The topological polar surface area (TPSA) is 59.1 Å². The van der Waals surface area contributed by atoms with Gasteiger partial charge in [0, 0.05) is 12.5 Å². The molecule has 0 fully saturated rings. The van der Waals surface area contributed by atoms with Gasteiger partial charge in [0.25, 0.3) is 5.91 Å². The molecule has 2 heterocycles. The minimum absolute atomic E-state index is 0.0591. The zero-order valence-electron chi connectivity index (χ0n) is 10.7. The normalized spacial score (nSPS) is 12.1. The van der Waals surface area contributed by atoms with Crippen LogP contribution in [0, 0.1) is 6.92 Å². The summed E-state index contributed by atoms with van der Waals surface area (Å²) in [5.74, 6) is -0.102. The number of Topliss-reactive ketones (excluding diaryl/α,β-unsaturated/α-hetero) is 1. The highest BCUT2D eigenvalue weighted by atomic mass is 32.1. The number of thiophene rings is 1. The fourth-order valence-corrected chi connectivity index (χ4v) is 3.06. The summed E-state index contributed by atoms with van der Waals surface area (Å²) in [5.41, 5.74) is 2.37. The van der Waals surface area contributed by atoms with E-state index in [0.717, 1.165) is 10.6 Å². The van der Waals surface area contributed by atoms with E-state index in [1.54, 1.807) is 18.5 Å². The number of rotatable bonds is 5. The third-order valence-corrected chi connectivity index (χ3v) is 4.46.